The largest absolute Gasteiger partial charge is 0.480 e. The second-order valence-corrected chi connectivity index (χ2v) is 15.8. The smallest absolute Gasteiger partial charge is 0.326 e. The number of aryl methyl sites for hydroxylation is 1. The van der Waals surface area contributed by atoms with Crippen molar-refractivity contribution in [1.29, 1.82) is 0 Å². The number of rotatable bonds is 26. The van der Waals surface area contributed by atoms with E-state index < -0.39 is 53.4 Å². The predicted molar refractivity (Wildman–Crippen MR) is 216 cm³/mol. The van der Waals surface area contributed by atoms with Gasteiger partial charge in [0.25, 0.3) is 0 Å². The molecule has 9 nitrogen and oxygen atoms in total. The van der Waals surface area contributed by atoms with Crippen LogP contribution >= 0.6 is 0 Å². The molecule has 54 heavy (non-hydrogen) atoms. The van der Waals surface area contributed by atoms with Crippen LogP contribution < -0.4 is 10.6 Å². The molecule has 5 atom stereocenters. The van der Waals surface area contributed by atoms with Crippen molar-refractivity contribution in [2.45, 2.75) is 169 Å². The number of benzene rings is 2. The molecule has 9 heteroatoms. The summed E-state index contributed by atoms with van der Waals surface area (Å²) < 4.78 is 6.15. The Morgan fingerprint density at radius 2 is 1.24 bits per heavy atom. The molecule has 0 saturated heterocycles. The summed E-state index contributed by atoms with van der Waals surface area (Å²) in [5.41, 5.74) is 3.77. The Morgan fingerprint density at radius 3 is 1.76 bits per heavy atom. The molecular formula is C45H68N2O7. The van der Waals surface area contributed by atoms with E-state index in [1.165, 1.54) is 12.0 Å². The number of ether oxygens (including phenoxy) is 1. The number of ketones is 2. The van der Waals surface area contributed by atoms with Crippen molar-refractivity contribution < 1.29 is 33.8 Å². The Kier molecular flexibility index (Phi) is 20.4. The number of carboxylic acids is 1. The minimum absolute atomic E-state index is 0.0385. The highest BCUT2D eigenvalue weighted by Gasteiger charge is 2.35. The lowest BCUT2D eigenvalue weighted by molar-refractivity contribution is -0.143. The van der Waals surface area contributed by atoms with Gasteiger partial charge < -0.3 is 20.5 Å². The third-order valence-electron chi connectivity index (χ3n) is 9.89. The van der Waals surface area contributed by atoms with Gasteiger partial charge in [-0.15, -0.1) is 0 Å². The van der Waals surface area contributed by atoms with Crippen LogP contribution in [-0.4, -0.2) is 58.2 Å². The van der Waals surface area contributed by atoms with Gasteiger partial charge >= 0.3 is 5.97 Å². The third kappa shape index (κ3) is 16.7. The number of carbonyl (C=O) groups excluding carboxylic acids is 4. The molecule has 2 aromatic carbocycles. The van der Waals surface area contributed by atoms with E-state index in [0.717, 1.165) is 55.2 Å². The van der Waals surface area contributed by atoms with Crippen LogP contribution in [0.3, 0.4) is 0 Å². The van der Waals surface area contributed by atoms with E-state index >= 15 is 0 Å². The molecule has 2 amide bonds. The van der Waals surface area contributed by atoms with Crippen LogP contribution in [0.25, 0.3) is 11.1 Å². The Balaban J connectivity index is 2.18. The molecule has 0 aliphatic rings. The van der Waals surface area contributed by atoms with Gasteiger partial charge in [-0.2, -0.15) is 0 Å². The number of unbranched alkanes of at least 4 members (excludes halogenated alkanes) is 4. The minimum Gasteiger partial charge on any atom is -0.480 e. The summed E-state index contributed by atoms with van der Waals surface area (Å²) in [5, 5.41) is 15.3. The summed E-state index contributed by atoms with van der Waals surface area (Å²) in [6.45, 7) is 15.3. The van der Waals surface area contributed by atoms with E-state index in [0.29, 0.717) is 25.7 Å². The lowest BCUT2D eigenvalue weighted by Crippen LogP contribution is -2.53. The average Bonchev–Trinajstić information content (AvgIpc) is 3.12. The van der Waals surface area contributed by atoms with Crippen molar-refractivity contribution in [2.75, 3.05) is 0 Å². The Bertz CT molecular complexity index is 1460. The van der Waals surface area contributed by atoms with E-state index in [2.05, 4.69) is 41.8 Å². The summed E-state index contributed by atoms with van der Waals surface area (Å²) in [6.07, 6.45) is 7.87. The van der Waals surface area contributed by atoms with Gasteiger partial charge in [-0.25, -0.2) is 4.79 Å². The summed E-state index contributed by atoms with van der Waals surface area (Å²) in [6, 6.07) is 14.5. The number of carbonyl (C=O) groups is 5. The number of aliphatic carboxylic acids is 1. The van der Waals surface area contributed by atoms with E-state index in [1.54, 1.807) is 13.8 Å². The van der Waals surface area contributed by atoms with E-state index in [1.807, 2.05) is 58.9 Å². The molecule has 2 rings (SSSR count). The third-order valence-corrected chi connectivity index (χ3v) is 9.89. The lowest BCUT2D eigenvalue weighted by Gasteiger charge is -2.32. The van der Waals surface area contributed by atoms with Gasteiger partial charge in [0, 0.05) is 31.1 Å². The van der Waals surface area contributed by atoms with Crippen molar-refractivity contribution in [3.8, 4) is 11.1 Å². The van der Waals surface area contributed by atoms with Crippen molar-refractivity contribution >= 4 is 29.4 Å². The predicted octanol–water partition coefficient (Wildman–Crippen LogP) is 8.83. The van der Waals surface area contributed by atoms with E-state index in [9.17, 15) is 29.1 Å². The van der Waals surface area contributed by atoms with Crippen LogP contribution in [0.1, 0.15) is 144 Å². The molecular weight excluding hydrogens is 681 g/mol. The van der Waals surface area contributed by atoms with Crippen molar-refractivity contribution in [3.63, 3.8) is 0 Å². The van der Waals surface area contributed by atoms with Gasteiger partial charge in [0.1, 0.15) is 17.9 Å². The minimum atomic E-state index is -1.11. The van der Waals surface area contributed by atoms with Crippen LogP contribution in [0.5, 0.6) is 0 Å². The average molecular weight is 749 g/mol. The quantitative estimate of drug-likeness (QED) is 0.0818. The van der Waals surface area contributed by atoms with Crippen molar-refractivity contribution in [2.24, 2.45) is 11.8 Å². The van der Waals surface area contributed by atoms with Gasteiger partial charge in [0.2, 0.25) is 11.8 Å². The number of carboxylic acid groups (broad SMARTS) is 1. The zero-order valence-electron chi connectivity index (χ0n) is 34.3. The summed E-state index contributed by atoms with van der Waals surface area (Å²) in [4.78, 5) is 66.4. The van der Waals surface area contributed by atoms with Crippen LogP contribution in [0.4, 0.5) is 0 Å². The van der Waals surface area contributed by atoms with Gasteiger partial charge in [-0.1, -0.05) is 115 Å². The van der Waals surface area contributed by atoms with Gasteiger partial charge in [0.15, 0.2) is 5.78 Å². The molecule has 300 valence electrons. The maximum atomic E-state index is 13.9. The molecule has 0 aliphatic carbocycles. The SMILES string of the molecule is CCCCC[C@H](NC(=O)[C@H](CC)CC(=O)[C@@H](NC(=O)[C@H](CCCC)CC(=O)Cc1ccc(-c2ccc(CCCC)cc2)cc1)[C@@H](C)OC(C)(C)C)C(=O)O. The number of hydrogen-bond acceptors (Lipinski definition) is 6. The lowest BCUT2D eigenvalue weighted by atomic mass is 9.90. The molecule has 2 aromatic rings. The summed E-state index contributed by atoms with van der Waals surface area (Å²) >= 11 is 0. The van der Waals surface area contributed by atoms with Crippen molar-refractivity contribution in [3.05, 3.63) is 59.7 Å². The van der Waals surface area contributed by atoms with Crippen LogP contribution in [-0.2, 0) is 41.6 Å². The first-order valence-corrected chi connectivity index (χ1v) is 20.4. The van der Waals surface area contributed by atoms with Crippen LogP contribution in [0, 0.1) is 11.8 Å². The first kappa shape index (κ1) is 46.3. The Labute approximate surface area is 324 Å². The van der Waals surface area contributed by atoms with E-state index in [4.69, 9.17) is 4.74 Å². The normalized spacial score (nSPS) is 14.4. The summed E-state index contributed by atoms with van der Waals surface area (Å²) in [7, 11) is 0. The first-order chi connectivity index (χ1) is 25.6. The Hall–Kier alpha value is -3.85. The molecule has 0 saturated carbocycles. The Morgan fingerprint density at radius 1 is 0.685 bits per heavy atom. The fourth-order valence-corrected chi connectivity index (χ4v) is 6.70. The number of hydrogen-bond donors (Lipinski definition) is 3. The molecule has 0 spiro atoms. The number of amides is 2. The van der Waals surface area contributed by atoms with Gasteiger partial charge in [0.05, 0.1) is 11.7 Å². The molecule has 0 aromatic heterocycles. The first-order valence-electron chi connectivity index (χ1n) is 20.4. The number of Topliss-reactive ketones (excluding diaryl/α,β-unsaturated/α-hetero) is 2. The van der Waals surface area contributed by atoms with E-state index in [-0.39, 0.29) is 30.8 Å². The monoisotopic (exact) mass is 749 g/mol. The zero-order chi connectivity index (χ0) is 40.3. The second-order valence-electron chi connectivity index (χ2n) is 15.8. The highest BCUT2D eigenvalue weighted by atomic mass is 16.5. The molecule has 0 fully saturated rings. The zero-order valence-corrected chi connectivity index (χ0v) is 34.3. The standard InChI is InChI=1S/C45H68N2O7/c1-9-13-16-19-39(44(52)53)46-42(50)34(12-4)30-40(49)41(31(5)54-45(6,7)8)47-43(51)37(18-15-11-3)29-38(48)28-33-22-26-36(27-23-33)35-24-20-32(21-25-35)17-14-10-2/h20-27,31,34,37,39,41H,9-19,28-30H2,1-8H3,(H,46,50)(H,47,51)(H,52,53)/t31-,34-,37-,39+,41+/m1/s1. The molecule has 0 radical (unpaired) electrons. The summed E-state index contributed by atoms with van der Waals surface area (Å²) in [5.74, 6) is -3.84. The topological polar surface area (TPSA) is 139 Å². The highest BCUT2D eigenvalue weighted by molar-refractivity contribution is 5.95. The highest BCUT2D eigenvalue weighted by Crippen LogP contribution is 2.24. The molecule has 0 bridgehead atoms. The van der Waals surface area contributed by atoms with Crippen LogP contribution in [0.15, 0.2) is 48.5 Å². The molecule has 0 unspecified atom stereocenters. The van der Waals surface area contributed by atoms with Gasteiger partial charge in [-0.3, -0.25) is 19.2 Å². The fraction of sp³-hybridized carbons (Fsp3) is 0.622. The maximum absolute atomic E-state index is 13.9. The molecule has 3 N–H and O–H groups in total. The van der Waals surface area contributed by atoms with Crippen molar-refractivity contribution in [1.82, 2.24) is 10.6 Å². The van der Waals surface area contributed by atoms with Crippen LogP contribution in [0.2, 0.25) is 0 Å². The number of nitrogens with one attached hydrogen (secondary N) is 2. The maximum Gasteiger partial charge on any atom is 0.326 e. The second kappa shape index (κ2) is 23.8. The fourth-order valence-electron chi connectivity index (χ4n) is 6.70. The molecule has 0 heterocycles. The van der Waals surface area contributed by atoms with Gasteiger partial charge in [-0.05, 0) is 82.1 Å². The molecule has 0 aliphatic heterocycles.